The second-order valence-corrected chi connectivity index (χ2v) is 8.16. The van der Waals surface area contributed by atoms with Crippen LogP contribution in [0.3, 0.4) is 0 Å². The van der Waals surface area contributed by atoms with Crippen LogP contribution in [-0.4, -0.2) is 49.8 Å². The molecule has 9 heteroatoms. The summed E-state index contributed by atoms with van der Waals surface area (Å²) in [6.07, 6.45) is 0. The zero-order valence-electron chi connectivity index (χ0n) is 13.7. The van der Waals surface area contributed by atoms with Crippen LogP contribution in [0.1, 0.15) is 0 Å². The summed E-state index contributed by atoms with van der Waals surface area (Å²) in [4.78, 5) is 13.7. The number of nitrogens with zero attached hydrogens (tertiary/aromatic N) is 2. The number of carbonyl (C=O) groups is 1. The lowest BCUT2D eigenvalue weighted by molar-refractivity contribution is 0.184. The van der Waals surface area contributed by atoms with Gasteiger partial charge in [-0.1, -0.05) is 23.7 Å². The van der Waals surface area contributed by atoms with Crippen molar-refractivity contribution < 1.29 is 17.6 Å². The number of nitrogens with one attached hydrogen (secondary N) is 1. The third-order valence-corrected chi connectivity index (χ3v) is 6.17. The molecule has 1 aliphatic heterocycles. The molecule has 1 fully saturated rings. The molecule has 138 valence electrons. The van der Waals surface area contributed by atoms with Crippen molar-refractivity contribution in [3.63, 3.8) is 0 Å². The van der Waals surface area contributed by atoms with Crippen LogP contribution in [-0.2, 0) is 10.0 Å². The molecule has 2 aromatic carbocycles. The van der Waals surface area contributed by atoms with Crippen LogP contribution in [0.2, 0.25) is 5.02 Å². The van der Waals surface area contributed by atoms with Crippen molar-refractivity contribution >= 4 is 33.3 Å². The summed E-state index contributed by atoms with van der Waals surface area (Å²) in [6.45, 7) is 0.755. The standard InChI is InChI=1S/C17H17ClFN3O3S/c18-13-3-1-5-15(11-13)20-17(23)21-7-9-22(10-8-21)26(24,25)16-6-2-4-14(19)12-16/h1-6,11-12H,7-10H2,(H,20,23). The van der Waals surface area contributed by atoms with Gasteiger partial charge in [-0.25, -0.2) is 17.6 Å². The average molecular weight is 398 g/mol. The van der Waals surface area contributed by atoms with Crippen LogP contribution in [0.25, 0.3) is 0 Å². The van der Waals surface area contributed by atoms with Crippen molar-refractivity contribution in [2.75, 3.05) is 31.5 Å². The Labute approximate surface area is 156 Å². The van der Waals surface area contributed by atoms with Crippen molar-refractivity contribution in [3.8, 4) is 0 Å². The molecule has 6 nitrogen and oxygen atoms in total. The number of hydrogen-bond acceptors (Lipinski definition) is 3. The minimum atomic E-state index is -3.78. The number of carbonyl (C=O) groups excluding carboxylic acids is 1. The fourth-order valence-electron chi connectivity index (χ4n) is 2.68. The first kappa shape index (κ1) is 18.6. The monoisotopic (exact) mass is 397 g/mol. The number of piperazine rings is 1. The molecule has 0 aliphatic carbocycles. The SMILES string of the molecule is O=C(Nc1cccc(Cl)c1)N1CCN(S(=O)(=O)c2cccc(F)c2)CC1. The van der Waals surface area contributed by atoms with Gasteiger partial charge < -0.3 is 10.2 Å². The number of rotatable bonds is 3. The summed E-state index contributed by atoms with van der Waals surface area (Å²) in [5.74, 6) is -0.606. The normalized spacial score (nSPS) is 15.7. The summed E-state index contributed by atoms with van der Waals surface area (Å²) in [6, 6.07) is 11.3. The Balaban J connectivity index is 1.62. The van der Waals surface area contributed by atoms with E-state index in [-0.39, 0.29) is 37.1 Å². The Bertz CT molecular complexity index is 915. The Kier molecular flexibility index (Phi) is 5.45. The van der Waals surface area contributed by atoms with Crippen molar-refractivity contribution in [3.05, 3.63) is 59.4 Å². The third-order valence-electron chi connectivity index (χ3n) is 4.04. The number of anilines is 1. The quantitative estimate of drug-likeness (QED) is 0.865. The maximum absolute atomic E-state index is 13.3. The van der Waals surface area contributed by atoms with Gasteiger partial charge in [-0.2, -0.15) is 4.31 Å². The smallest absolute Gasteiger partial charge is 0.321 e. The Morgan fingerprint density at radius 3 is 2.38 bits per heavy atom. The van der Waals surface area contributed by atoms with Crippen molar-refractivity contribution in [2.24, 2.45) is 0 Å². The first-order valence-corrected chi connectivity index (χ1v) is 9.75. The molecule has 2 amide bonds. The second-order valence-electron chi connectivity index (χ2n) is 5.79. The minimum absolute atomic E-state index is 0.0886. The lowest BCUT2D eigenvalue weighted by atomic mass is 10.3. The predicted octanol–water partition coefficient (Wildman–Crippen LogP) is 3.02. The second kappa shape index (κ2) is 7.61. The Morgan fingerprint density at radius 1 is 1.04 bits per heavy atom. The van der Waals surface area contributed by atoms with E-state index in [4.69, 9.17) is 11.6 Å². The van der Waals surface area contributed by atoms with Gasteiger partial charge in [0.15, 0.2) is 0 Å². The van der Waals surface area contributed by atoms with Gasteiger partial charge in [-0.05, 0) is 36.4 Å². The molecule has 0 atom stereocenters. The lowest BCUT2D eigenvalue weighted by Crippen LogP contribution is -2.51. The Hall–Kier alpha value is -2.16. The highest BCUT2D eigenvalue weighted by atomic mass is 35.5. The van der Waals surface area contributed by atoms with Gasteiger partial charge >= 0.3 is 6.03 Å². The highest BCUT2D eigenvalue weighted by Crippen LogP contribution is 2.19. The van der Waals surface area contributed by atoms with E-state index in [0.717, 1.165) is 6.07 Å². The van der Waals surface area contributed by atoms with E-state index in [2.05, 4.69) is 5.32 Å². The van der Waals surface area contributed by atoms with Gasteiger partial charge in [0, 0.05) is 36.9 Å². The molecule has 0 aromatic heterocycles. The lowest BCUT2D eigenvalue weighted by Gasteiger charge is -2.34. The van der Waals surface area contributed by atoms with Crippen LogP contribution in [0, 0.1) is 5.82 Å². The molecule has 0 radical (unpaired) electrons. The van der Waals surface area contributed by atoms with Gasteiger partial charge in [0.05, 0.1) is 4.90 Å². The first-order valence-electron chi connectivity index (χ1n) is 7.93. The van der Waals surface area contributed by atoms with Crippen LogP contribution in [0.15, 0.2) is 53.4 Å². The van der Waals surface area contributed by atoms with Crippen LogP contribution in [0.5, 0.6) is 0 Å². The zero-order chi connectivity index (χ0) is 18.7. The topological polar surface area (TPSA) is 69.7 Å². The highest BCUT2D eigenvalue weighted by Gasteiger charge is 2.30. The number of benzene rings is 2. The van der Waals surface area contributed by atoms with E-state index >= 15 is 0 Å². The van der Waals surface area contributed by atoms with Crippen LogP contribution in [0.4, 0.5) is 14.9 Å². The van der Waals surface area contributed by atoms with E-state index < -0.39 is 15.8 Å². The molecule has 1 aliphatic rings. The fraction of sp³-hybridized carbons (Fsp3) is 0.235. The van der Waals surface area contributed by atoms with E-state index in [1.54, 1.807) is 24.3 Å². The number of sulfonamides is 1. The third kappa shape index (κ3) is 4.14. The molecule has 0 saturated carbocycles. The first-order chi connectivity index (χ1) is 12.4. The molecule has 0 unspecified atom stereocenters. The molecule has 3 rings (SSSR count). The van der Waals surface area contributed by atoms with Gasteiger partial charge in [-0.15, -0.1) is 0 Å². The molecule has 0 bridgehead atoms. The highest BCUT2D eigenvalue weighted by molar-refractivity contribution is 7.89. The van der Waals surface area contributed by atoms with Crippen LogP contribution < -0.4 is 5.32 Å². The fourth-order valence-corrected chi connectivity index (χ4v) is 4.32. The summed E-state index contributed by atoms with van der Waals surface area (Å²) in [5, 5.41) is 3.24. The van der Waals surface area contributed by atoms with Gasteiger partial charge in [0.1, 0.15) is 5.82 Å². The molecular weight excluding hydrogens is 381 g/mol. The van der Waals surface area contributed by atoms with E-state index in [1.165, 1.54) is 27.4 Å². The molecule has 0 spiro atoms. The van der Waals surface area contributed by atoms with Crippen molar-refractivity contribution in [2.45, 2.75) is 4.90 Å². The summed E-state index contributed by atoms with van der Waals surface area (Å²) in [7, 11) is -3.78. The number of hydrogen-bond donors (Lipinski definition) is 1. The molecular formula is C17H17ClFN3O3S. The summed E-state index contributed by atoms with van der Waals surface area (Å²) >= 11 is 5.89. The van der Waals surface area contributed by atoms with Gasteiger partial charge in [0.25, 0.3) is 0 Å². The molecule has 1 N–H and O–H groups in total. The largest absolute Gasteiger partial charge is 0.322 e. The van der Waals surface area contributed by atoms with Crippen molar-refractivity contribution in [1.82, 2.24) is 9.21 Å². The Morgan fingerprint density at radius 2 is 1.73 bits per heavy atom. The van der Waals surface area contributed by atoms with Crippen LogP contribution >= 0.6 is 11.6 Å². The predicted molar refractivity (Wildman–Crippen MR) is 97.2 cm³/mol. The average Bonchev–Trinajstić information content (AvgIpc) is 2.62. The maximum Gasteiger partial charge on any atom is 0.321 e. The number of halogens is 2. The van der Waals surface area contributed by atoms with E-state index in [0.29, 0.717) is 10.7 Å². The molecule has 1 heterocycles. The molecule has 2 aromatic rings. The van der Waals surface area contributed by atoms with E-state index in [1.807, 2.05) is 0 Å². The maximum atomic E-state index is 13.3. The minimum Gasteiger partial charge on any atom is -0.322 e. The van der Waals surface area contributed by atoms with Crippen molar-refractivity contribution in [1.29, 1.82) is 0 Å². The summed E-state index contributed by atoms with van der Waals surface area (Å²) < 4.78 is 39.7. The molecule has 26 heavy (non-hydrogen) atoms. The number of amides is 2. The zero-order valence-corrected chi connectivity index (χ0v) is 15.3. The van der Waals surface area contributed by atoms with Gasteiger partial charge in [0.2, 0.25) is 10.0 Å². The van der Waals surface area contributed by atoms with Gasteiger partial charge in [-0.3, -0.25) is 0 Å². The molecule has 1 saturated heterocycles. The number of urea groups is 1. The van der Waals surface area contributed by atoms with E-state index in [9.17, 15) is 17.6 Å². The summed E-state index contributed by atoms with van der Waals surface area (Å²) in [5.41, 5.74) is 0.567.